The van der Waals surface area contributed by atoms with Crippen molar-refractivity contribution in [2.24, 2.45) is 0 Å². The number of thiazole rings is 1. The highest BCUT2D eigenvalue weighted by molar-refractivity contribution is 7.15. The maximum absolute atomic E-state index is 13.2. The zero-order valence-corrected chi connectivity index (χ0v) is 16.7. The van der Waals surface area contributed by atoms with Gasteiger partial charge in [0.15, 0.2) is 5.13 Å². The summed E-state index contributed by atoms with van der Waals surface area (Å²) in [5, 5.41) is 8.40. The van der Waals surface area contributed by atoms with Gasteiger partial charge in [-0.1, -0.05) is 48.5 Å². The Balaban J connectivity index is 1.51. The van der Waals surface area contributed by atoms with Crippen molar-refractivity contribution in [3.8, 4) is 16.9 Å². The number of nitrogens with one attached hydrogen (secondary N) is 1. The van der Waals surface area contributed by atoms with Gasteiger partial charge in [0.25, 0.3) is 5.91 Å². The first-order valence-corrected chi connectivity index (χ1v) is 10.6. The standard InChI is InChI=1S/C23H20N4OS/c28-22(25-23-24-19-13-7-8-14-20(19)29-23)18-15-27(17-11-5-2-6-12-17)26-21(18)16-9-3-1-4-10-16/h1-6,9-12,15H,7-8,13-14H2,(H,24,25,28). The number of amides is 1. The molecule has 0 saturated carbocycles. The van der Waals surface area contributed by atoms with E-state index in [0.29, 0.717) is 16.4 Å². The van der Waals surface area contributed by atoms with Gasteiger partial charge in [0, 0.05) is 16.6 Å². The van der Waals surface area contributed by atoms with Crippen LogP contribution in [0.4, 0.5) is 5.13 Å². The molecule has 144 valence electrons. The van der Waals surface area contributed by atoms with Crippen LogP contribution in [0, 0.1) is 0 Å². The van der Waals surface area contributed by atoms with Gasteiger partial charge in [-0.3, -0.25) is 10.1 Å². The topological polar surface area (TPSA) is 59.8 Å². The molecule has 1 aliphatic carbocycles. The summed E-state index contributed by atoms with van der Waals surface area (Å²) in [5.41, 5.74) is 4.15. The Hall–Kier alpha value is -3.25. The molecule has 0 spiro atoms. The molecule has 0 aliphatic heterocycles. The summed E-state index contributed by atoms with van der Waals surface area (Å²) in [6, 6.07) is 19.6. The normalized spacial score (nSPS) is 13.1. The van der Waals surface area contributed by atoms with Crippen LogP contribution in [0.15, 0.2) is 66.9 Å². The monoisotopic (exact) mass is 400 g/mol. The van der Waals surface area contributed by atoms with E-state index in [0.717, 1.165) is 29.8 Å². The summed E-state index contributed by atoms with van der Waals surface area (Å²) in [7, 11) is 0. The van der Waals surface area contributed by atoms with Gasteiger partial charge in [0.1, 0.15) is 5.69 Å². The third-order valence-corrected chi connectivity index (χ3v) is 6.17. The molecule has 1 N–H and O–H groups in total. The van der Waals surface area contributed by atoms with Crippen molar-refractivity contribution in [2.75, 3.05) is 5.32 Å². The second-order valence-electron chi connectivity index (χ2n) is 7.09. The van der Waals surface area contributed by atoms with Gasteiger partial charge < -0.3 is 0 Å². The SMILES string of the molecule is O=C(Nc1nc2c(s1)CCCC2)c1cn(-c2ccccc2)nc1-c1ccccc1. The smallest absolute Gasteiger partial charge is 0.261 e. The lowest BCUT2D eigenvalue weighted by Gasteiger charge is -2.06. The van der Waals surface area contributed by atoms with Gasteiger partial charge in [-0.15, -0.1) is 11.3 Å². The number of hydrogen-bond donors (Lipinski definition) is 1. The molecule has 5 rings (SSSR count). The van der Waals surface area contributed by atoms with Crippen molar-refractivity contribution >= 4 is 22.4 Å². The molecule has 29 heavy (non-hydrogen) atoms. The van der Waals surface area contributed by atoms with Crippen LogP contribution in [-0.2, 0) is 12.8 Å². The molecule has 4 aromatic rings. The first kappa shape index (κ1) is 17.8. The number of carbonyl (C=O) groups excluding carboxylic acids is 1. The molecule has 0 radical (unpaired) electrons. The Morgan fingerprint density at radius 1 is 0.966 bits per heavy atom. The predicted octanol–water partition coefficient (Wildman–Crippen LogP) is 5.13. The molecule has 0 unspecified atom stereocenters. The molecule has 1 amide bonds. The fraction of sp³-hybridized carbons (Fsp3) is 0.174. The van der Waals surface area contributed by atoms with E-state index < -0.39 is 0 Å². The molecule has 6 heteroatoms. The van der Waals surface area contributed by atoms with Crippen LogP contribution in [0.2, 0.25) is 0 Å². The van der Waals surface area contributed by atoms with Crippen LogP contribution < -0.4 is 5.32 Å². The Labute approximate surface area is 173 Å². The molecule has 2 aromatic heterocycles. The Morgan fingerprint density at radius 3 is 2.45 bits per heavy atom. The molecule has 0 atom stereocenters. The van der Waals surface area contributed by atoms with E-state index in [9.17, 15) is 4.79 Å². The summed E-state index contributed by atoms with van der Waals surface area (Å²) in [5.74, 6) is -0.183. The van der Waals surface area contributed by atoms with E-state index in [1.165, 1.54) is 17.7 Å². The number of anilines is 1. The van der Waals surface area contributed by atoms with Crippen molar-refractivity contribution in [2.45, 2.75) is 25.7 Å². The molecule has 0 bridgehead atoms. The van der Waals surface area contributed by atoms with Crippen LogP contribution in [0.25, 0.3) is 16.9 Å². The molecular weight excluding hydrogens is 380 g/mol. The predicted molar refractivity (Wildman–Crippen MR) is 116 cm³/mol. The largest absolute Gasteiger partial charge is 0.298 e. The fourth-order valence-electron chi connectivity index (χ4n) is 3.63. The van der Waals surface area contributed by atoms with E-state index in [2.05, 4.69) is 10.3 Å². The van der Waals surface area contributed by atoms with Gasteiger partial charge in [-0.25, -0.2) is 9.67 Å². The highest BCUT2D eigenvalue weighted by atomic mass is 32.1. The Kier molecular flexibility index (Phi) is 4.69. The van der Waals surface area contributed by atoms with Gasteiger partial charge in [-0.05, 0) is 37.8 Å². The third kappa shape index (κ3) is 3.59. The van der Waals surface area contributed by atoms with Gasteiger partial charge in [0.2, 0.25) is 0 Å². The van der Waals surface area contributed by atoms with E-state index in [4.69, 9.17) is 5.10 Å². The fourth-order valence-corrected chi connectivity index (χ4v) is 4.68. The maximum atomic E-state index is 13.2. The number of benzene rings is 2. The number of rotatable bonds is 4. The molecule has 0 fully saturated rings. The number of fused-ring (bicyclic) bond motifs is 1. The third-order valence-electron chi connectivity index (χ3n) is 5.09. The summed E-state index contributed by atoms with van der Waals surface area (Å²) in [6.45, 7) is 0. The highest BCUT2D eigenvalue weighted by Gasteiger charge is 2.21. The minimum Gasteiger partial charge on any atom is -0.298 e. The summed E-state index contributed by atoms with van der Waals surface area (Å²) < 4.78 is 1.75. The van der Waals surface area contributed by atoms with Crippen LogP contribution in [-0.4, -0.2) is 20.7 Å². The summed E-state index contributed by atoms with van der Waals surface area (Å²) in [4.78, 5) is 19.1. The molecule has 0 saturated heterocycles. The number of para-hydroxylation sites is 1. The lowest BCUT2D eigenvalue weighted by atomic mass is 10.0. The number of aromatic nitrogens is 3. The van der Waals surface area contributed by atoms with Crippen molar-refractivity contribution in [3.63, 3.8) is 0 Å². The van der Waals surface area contributed by atoms with Crippen molar-refractivity contribution in [1.29, 1.82) is 0 Å². The first-order chi connectivity index (χ1) is 14.3. The van der Waals surface area contributed by atoms with E-state index in [-0.39, 0.29) is 5.91 Å². The molecular formula is C23H20N4OS. The van der Waals surface area contributed by atoms with E-state index in [1.54, 1.807) is 22.2 Å². The second-order valence-corrected chi connectivity index (χ2v) is 8.17. The summed E-state index contributed by atoms with van der Waals surface area (Å²) >= 11 is 1.59. The number of carbonyl (C=O) groups is 1. The lowest BCUT2D eigenvalue weighted by molar-refractivity contribution is 0.102. The van der Waals surface area contributed by atoms with Gasteiger partial charge in [-0.2, -0.15) is 5.10 Å². The molecule has 2 aromatic carbocycles. The Morgan fingerprint density at radius 2 is 1.69 bits per heavy atom. The molecule has 2 heterocycles. The average Bonchev–Trinajstić information content (AvgIpc) is 3.39. The van der Waals surface area contributed by atoms with Crippen molar-refractivity contribution < 1.29 is 4.79 Å². The lowest BCUT2D eigenvalue weighted by Crippen LogP contribution is -2.12. The minimum atomic E-state index is -0.183. The quantitative estimate of drug-likeness (QED) is 0.517. The van der Waals surface area contributed by atoms with Gasteiger partial charge >= 0.3 is 0 Å². The number of hydrogen-bond acceptors (Lipinski definition) is 4. The maximum Gasteiger partial charge on any atom is 0.261 e. The zero-order valence-electron chi connectivity index (χ0n) is 15.8. The van der Waals surface area contributed by atoms with E-state index in [1.807, 2.05) is 60.7 Å². The highest BCUT2D eigenvalue weighted by Crippen LogP contribution is 2.31. The number of aryl methyl sites for hydroxylation is 2. The second kappa shape index (κ2) is 7.64. The first-order valence-electron chi connectivity index (χ1n) is 9.78. The zero-order chi connectivity index (χ0) is 19.6. The summed E-state index contributed by atoms with van der Waals surface area (Å²) in [6.07, 6.45) is 6.23. The van der Waals surface area contributed by atoms with Crippen molar-refractivity contribution in [1.82, 2.24) is 14.8 Å². The van der Waals surface area contributed by atoms with Crippen LogP contribution in [0.3, 0.4) is 0 Å². The van der Waals surface area contributed by atoms with Crippen molar-refractivity contribution in [3.05, 3.63) is 83.0 Å². The Bertz CT molecular complexity index is 1120. The van der Waals surface area contributed by atoms with Crippen LogP contribution in [0.5, 0.6) is 0 Å². The van der Waals surface area contributed by atoms with Crippen LogP contribution >= 0.6 is 11.3 Å². The van der Waals surface area contributed by atoms with E-state index >= 15 is 0 Å². The van der Waals surface area contributed by atoms with Crippen LogP contribution in [0.1, 0.15) is 33.8 Å². The molecule has 5 nitrogen and oxygen atoms in total. The molecule has 1 aliphatic rings. The minimum absolute atomic E-state index is 0.183. The van der Waals surface area contributed by atoms with Gasteiger partial charge in [0.05, 0.1) is 16.9 Å². The average molecular weight is 401 g/mol. The number of nitrogens with zero attached hydrogens (tertiary/aromatic N) is 3.